The van der Waals surface area contributed by atoms with Crippen LogP contribution in [0.5, 0.6) is 5.75 Å². The van der Waals surface area contributed by atoms with Crippen LogP contribution in [0.25, 0.3) is 0 Å². The molecule has 0 radical (unpaired) electrons. The highest BCUT2D eigenvalue weighted by Gasteiger charge is 2.07. The van der Waals surface area contributed by atoms with Gasteiger partial charge in [-0.3, -0.25) is 0 Å². The number of benzene rings is 1. The van der Waals surface area contributed by atoms with Gasteiger partial charge in [0.05, 0.1) is 13.7 Å². The summed E-state index contributed by atoms with van der Waals surface area (Å²) in [5, 5.41) is 0. The van der Waals surface area contributed by atoms with E-state index in [2.05, 4.69) is 24.1 Å². The third kappa shape index (κ3) is 5.17. The van der Waals surface area contributed by atoms with Gasteiger partial charge in [0, 0.05) is 26.2 Å². The van der Waals surface area contributed by atoms with E-state index >= 15 is 0 Å². The zero-order valence-corrected chi connectivity index (χ0v) is 10.8. The predicted molar refractivity (Wildman–Crippen MR) is 69.2 cm³/mol. The molecule has 1 atom stereocenters. The third-order valence-corrected chi connectivity index (χ3v) is 2.54. The summed E-state index contributed by atoms with van der Waals surface area (Å²) in [7, 11) is 5.40. The van der Waals surface area contributed by atoms with Gasteiger partial charge < -0.3 is 20.1 Å². The molecule has 0 saturated carbocycles. The molecule has 1 aromatic rings. The molecule has 17 heavy (non-hydrogen) atoms. The number of ether oxygens (including phenoxy) is 2. The molecule has 1 aromatic carbocycles. The van der Waals surface area contributed by atoms with Gasteiger partial charge in [-0.25, -0.2) is 0 Å². The van der Waals surface area contributed by atoms with Crippen molar-refractivity contribution in [1.29, 1.82) is 0 Å². The van der Waals surface area contributed by atoms with Crippen LogP contribution in [0.2, 0.25) is 0 Å². The maximum atomic E-state index is 5.90. The van der Waals surface area contributed by atoms with Crippen LogP contribution in [0.3, 0.4) is 0 Å². The standard InChI is InChI=1S/C13H22N2O2/c1-15(9-12(14)10-16-2)8-11-4-6-13(17-3)7-5-11/h4-7,12H,8-10,14H2,1-3H3. The Bertz CT molecular complexity index is 314. The van der Waals surface area contributed by atoms with Gasteiger partial charge in [0.15, 0.2) is 0 Å². The second kappa shape index (κ2) is 7.27. The van der Waals surface area contributed by atoms with Gasteiger partial charge in [-0.2, -0.15) is 0 Å². The van der Waals surface area contributed by atoms with Crippen LogP contribution >= 0.6 is 0 Å². The smallest absolute Gasteiger partial charge is 0.118 e. The molecule has 0 spiro atoms. The Hall–Kier alpha value is -1.10. The van der Waals surface area contributed by atoms with Crippen LogP contribution in [0.1, 0.15) is 5.56 Å². The maximum absolute atomic E-state index is 5.90. The van der Waals surface area contributed by atoms with E-state index in [9.17, 15) is 0 Å². The molecule has 1 rings (SSSR count). The van der Waals surface area contributed by atoms with E-state index in [1.54, 1.807) is 14.2 Å². The van der Waals surface area contributed by atoms with E-state index < -0.39 is 0 Å². The van der Waals surface area contributed by atoms with Crippen LogP contribution < -0.4 is 10.5 Å². The Morgan fingerprint density at radius 2 is 1.88 bits per heavy atom. The minimum Gasteiger partial charge on any atom is -0.497 e. The van der Waals surface area contributed by atoms with E-state index in [1.807, 2.05) is 12.1 Å². The zero-order valence-electron chi connectivity index (χ0n) is 10.8. The Labute approximate surface area is 103 Å². The summed E-state index contributed by atoms with van der Waals surface area (Å²) in [5.41, 5.74) is 7.15. The number of hydrogen-bond donors (Lipinski definition) is 1. The average Bonchev–Trinajstić information content (AvgIpc) is 2.30. The fraction of sp³-hybridized carbons (Fsp3) is 0.538. The first-order chi connectivity index (χ1) is 8.15. The first kappa shape index (κ1) is 14.0. The van der Waals surface area contributed by atoms with Crippen molar-refractivity contribution in [2.45, 2.75) is 12.6 Å². The number of likely N-dealkylation sites (N-methyl/N-ethyl adjacent to an activating group) is 1. The first-order valence-electron chi connectivity index (χ1n) is 5.71. The highest BCUT2D eigenvalue weighted by molar-refractivity contribution is 5.27. The average molecular weight is 238 g/mol. The second-order valence-corrected chi connectivity index (χ2v) is 4.26. The molecule has 1 unspecified atom stereocenters. The second-order valence-electron chi connectivity index (χ2n) is 4.26. The molecule has 0 aromatic heterocycles. The van der Waals surface area contributed by atoms with Crippen LogP contribution in [0.4, 0.5) is 0 Å². The summed E-state index contributed by atoms with van der Waals surface area (Å²) in [4.78, 5) is 2.19. The van der Waals surface area contributed by atoms with Gasteiger partial charge in [-0.1, -0.05) is 12.1 Å². The summed E-state index contributed by atoms with van der Waals surface area (Å²) in [6.07, 6.45) is 0. The monoisotopic (exact) mass is 238 g/mol. The van der Waals surface area contributed by atoms with Gasteiger partial charge in [-0.05, 0) is 24.7 Å². The Kier molecular flexibility index (Phi) is 5.97. The molecule has 0 saturated heterocycles. The topological polar surface area (TPSA) is 47.7 Å². The molecule has 0 bridgehead atoms. The van der Waals surface area contributed by atoms with Crippen molar-refractivity contribution in [3.05, 3.63) is 29.8 Å². The molecule has 0 aliphatic carbocycles. The zero-order chi connectivity index (χ0) is 12.7. The molecule has 0 fully saturated rings. The molecule has 4 nitrogen and oxygen atoms in total. The normalized spacial score (nSPS) is 12.8. The fourth-order valence-electron chi connectivity index (χ4n) is 1.77. The summed E-state index contributed by atoms with van der Waals surface area (Å²) in [6.45, 7) is 2.29. The Morgan fingerprint density at radius 1 is 1.24 bits per heavy atom. The number of rotatable bonds is 7. The van der Waals surface area contributed by atoms with E-state index in [1.165, 1.54) is 5.56 Å². The number of nitrogens with two attached hydrogens (primary N) is 1. The third-order valence-electron chi connectivity index (χ3n) is 2.54. The predicted octanol–water partition coefficient (Wildman–Crippen LogP) is 1.10. The molecule has 0 amide bonds. The SMILES string of the molecule is COCC(N)CN(C)Cc1ccc(OC)cc1. The fourth-order valence-corrected chi connectivity index (χ4v) is 1.77. The van der Waals surface area contributed by atoms with E-state index in [0.717, 1.165) is 18.8 Å². The van der Waals surface area contributed by atoms with E-state index in [0.29, 0.717) is 6.61 Å². The van der Waals surface area contributed by atoms with Crippen molar-refractivity contribution >= 4 is 0 Å². The van der Waals surface area contributed by atoms with Gasteiger partial charge in [0.1, 0.15) is 5.75 Å². The van der Waals surface area contributed by atoms with Gasteiger partial charge in [0.2, 0.25) is 0 Å². The van der Waals surface area contributed by atoms with E-state index in [4.69, 9.17) is 15.2 Å². The highest BCUT2D eigenvalue weighted by atomic mass is 16.5. The molecular weight excluding hydrogens is 216 g/mol. The first-order valence-corrected chi connectivity index (χ1v) is 5.71. The van der Waals surface area contributed by atoms with Crippen LogP contribution in [-0.2, 0) is 11.3 Å². The lowest BCUT2D eigenvalue weighted by molar-refractivity contribution is 0.160. The summed E-state index contributed by atoms with van der Waals surface area (Å²) in [5.74, 6) is 0.882. The lowest BCUT2D eigenvalue weighted by Crippen LogP contribution is -2.38. The van der Waals surface area contributed by atoms with Gasteiger partial charge in [0.25, 0.3) is 0 Å². The lowest BCUT2D eigenvalue weighted by atomic mass is 10.2. The maximum Gasteiger partial charge on any atom is 0.118 e. The summed E-state index contributed by atoms with van der Waals surface area (Å²) < 4.78 is 10.1. The molecular formula is C13H22N2O2. The van der Waals surface area contributed by atoms with Crippen molar-refractivity contribution in [3.63, 3.8) is 0 Å². The minimum absolute atomic E-state index is 0.0586. The molecule has 4 heteroatoms. The molecule has 96 valence electrons. The van der Waals surface area contributed by atoms with Crippen molar-refractivity contribution in [3.8, 4) is 5.75 Å². The van der Waals surface area contributed by atoms with Crippen molar-refractivity contribution < 1.29 is 9.47 Å². The van der Waals surface area contributed by atoms with Gasteiger partial charge in [-0.15, -0.1) is 0 Å². The molecule has 2 N–H and O–H groups in total. The van der Waals surface area contributed by atoms with Gasteiger partial charge >= 0.3 is 0 Å². The van der Waals surface area contributed by atoms with Crippen LogP contribution in [0, 0.1) is 0 Å². The van der Waals surface area contributed by atoms with Crippen molar-refractivity contribution in [2.24, 2.45) is 5.73 Å². The van der Waals surface area contributed by atoms with Crippen molar-refractivity contribution in [2.75, 3.05) is 34.4 Å². The minimum atomic E-state index is 0.0586. The Balaban J connectivity index is 2.41. The molecule has 0 aliphatic rings. The van der Waals surface area contributed by atoms with Crippen LogP contribution in [0.15, 0.2) is 24.3 Å². The number of methoxy groups -OCH3 is 2. The number of nitrogens with zero attached hydrogens (tertiary/aromatic N) is 1. The van der Waals surface area contributed by atoms with Crippen molar-refractivity contribution in [1.82, 2.24) is 4.90 Å². The lowest BCUT2D eigenvalue weighted by Gasteiger charge is -2.20. The largest absolute Gasteiger partial charge is 0.497 e. The molecule has 0 heterocycles. The quantitative estimate of drug-likeness (QED) is 0.773. The van der Waals surface area contributed by atoms with Crippen LogP contribution in [-0.4, -0.2) is 45.4 Å². The van der Waals surface area contributed by atoms with E-state index in [-0.39, 0.29) is 6.04 Å². The summed E-state index contributed by atoms with van der Waals surface area (Å²) >= 11 is 0. The highest BCUT2D eigenvalue weighted by Crippen LogP contribution is 2.12. The summed E-state index contributed by atoms with van der Waals surface area (Å²) in [6, 6.07) is 8.13. The Morgan fingerprint density at radius 3 is 2.41 bits per heavy atom. The number of hydrogen-bond acceptors (Lipinski definition) is 4. The molecule has 0 aliphatic heterocycles.